The Labute approximate surface area is 196 Å². The highest BCUT2D eigenvalue weighted by Crippen LogP contribution is 2.20. The van der Waals surface area contributed by atoms with Crippen LogP contribution in [0.5, 0.6) is 0 Å². The van der Waals surface area contributed by atoms with Crippen molar-refractivity contribution in [3.63, 3.8) is 0 Å². The number of alkyl carbamates (subject to hydrolysis) is 1. The minimum Gasteiger partial charge on any atom is -0.461 e. The Bertz CT molecular complexity index is 1290. The number of nitrogens with one attached hydrogen (secondary N) is 3. The summed E-state index contributed by atoms with van der Waals surface area (Å²) in [5.41, 5.74) is 1.99. The average Bonchev–Trinajstić information content (AvgIpc) is 2.78. The van der Waals surface area contributed by atoms with Gasteiger partial charge in [-0.05, 0) is 50.1 Å². The number of hydrogen-bond donors (Lipinski definition) is 3. The smallest absolute Gasteiger partial charge is 0.407 e. The fraction of sp³-hybridized carbons (Fsp3) is 0.280. The molecule has 0 fully saturated rings. The van der Waals surface area contributed by atoms with Crippen LogP contribution in [0.1, 0.15) is 44.1 Å². The second-order valence-corrected chi connectivity index (χ2v) is 7.80. The van der Waals surface area contributed by atoms with E-state index in [1.54, 1.807) is 50.2 Å². The minimum absolute atomic E-state index is 0.135. The summed E-state index contributed by atoms with van der Waals surface area (Å²) in [4.78, 5) is 36.6. The number of amides is 3. The third-order valence-electron chi connectivity index (χ3n) is 5.14. The predicted molar refractivity (Wildman–Crippen MR) is 129 cm³/mol. The van der Waals surface area contributed by atoms with E-state index < -0.39 is 18.2 Å². The number of carbonyl (C=O) groups excluding carboxylic acids is 2. The molecule has 0 radical (unpaired) electrons. The SMILES string of the molecule is CCC(CC#N)OC(=O)N[C@@H](C)c1cccc(NC(=O)Nc2ccc3c(=O)cc(C)oc3c2)c1. The Morgan fingerprint density at radius 1 is 1.12 bits per heavy atom. The van der Waals surface area contributed by atoms with Gasteiger partial charge in [-0.15, -0.1) is 0 Å². The zero-order chi connectivity index (χ0) is 24.7. The molecule has 3 N–H and O–H groups in total. The van der Waals surface area contributed by atoms with Crippen molar-refractivity contribution in [2.75, 3.05) is 10.6 Å². The molecule has 0 bridgehead atoms. The number of urea groups is 1. The summed E-state index contributed by atoms with van der Waals surface area (Å²) in [6.45, 7) is 5.31. The van der Waals surface area contributed by atoms with Crippen LogP contribution in [-0.2, 0) is 4.74 Å². The molecule has 0 aliphatic carbocycles. The van der Waals surface area contributed by atoms with Crippen LogP contribution >= 0.6 is 0 Å². The molecule has 0 spiro atoms. The van der Waals surface area contributed by atoms with Crippen LogP contribution in [0, 0.1) is 18.3 Å². The van der Waals surface area contributed by atoms with Gasteiger partial charge in [-0.1, -0.05) is 19.1 Å². The fourth-order valence-corrected chi connectivity index (χ4v) is 3.35. The number of ether oxygens (including phenoxy) is 1. The molecule has 0 saturated carbocycles. The van der Waals surface area contributed by atoms with E-state index in [9.17, 15) is 14.4 Å². The second kappa shape index (κ2) is 11.0. The van der Waals surface area contributed by atoms with Crippen molar-refractivity contribution in [1.29, 1.82) is 5.26 Å². The van der Waals surface area contributed by atoms with E-state index in [1.165, 1.54) is 6.07 Å². The molecule has 1 heterocycles. The minimum atomic E-state index is -0.608. The van der Waals surface area contributed by atoms with E-state index in [4.69, 9.17) is 14.4 Å². The summed E-state index contributed by atoms with van der Waals surface area (Å²) in [7, 11) is 0. The Balaban J connectivity index is 1.63. The molecule has 9 heteroatoms. The van der Waals surface area contributed by atoms with Crippen molar-refractivity contribution < 1.29 is 18.7 Å². The zero-order valence-corrected chi connectivity index (χ0v) is 19.2. The van der Waals surface area contributed by atoms with Gasteiger partial charge >= 0.3 is 12.1 Å². The normalized spacial score (nSPS) is 12.3. The van der Waals surface area contributed by atoms with Gasteiger partial charge in [0.15, 0.2) is 5.43 Å². The number of nitrogens with zero attached hydrogens (tertiary/aromatic N) is 1. The van der Waals surface area contributed by atoms with Gasteiger partial charge in [0.25, 0.3) is 0 Å². The average molecular weight is 463 g/mol. The third kappa shape index (κ3) is 6.36. The molecule has 0 aliphatic rings. The van der Waals surface area contributed by atoms with Crippen molar-refractivity contribution >= 4 is 34.5 Å². The molecule has 1 unspecified atom stereocenters. The van der Waals surface area contributed by atoms with Crippen LogP contribution < -0.4 is 21.4 Å². The Hall–Kier alpha value is -4.32. The largest absolute Gasteiger partial charge is 0.461 e. The van der Waals surface area contributed by atoms with Gasteiger partial charge < -0.3 is 25.1 Å². The van der Waals surface area contributed by atoms with Crippen molar-refractivity contribution in [2.24, 2.45) is 0 Å². The maximum atomic E-state index is 12.5. The molecule has 1 aromatic heterocycles. The Kier molecular flexibility index (Phi) is 7.88. The van der Waals surface area contributed by atoms with Gasteiger partial charge in [0, 0.05) is 23.5 Å². The number of aryl methyl sites for hydroxylation is 1. The molecule has 176 valence electrons. The number of rotatable bonds is 7. The highest BCUT2D eigenvalue weighted by Gasteiger charge is 2.16. The van der Waals surface area contributed by atoms with Crippen LogP contribution in [0.2, 0.25) is 0 Å². The van der Waals surface area contributed by atoms with Crippen LogP contribution in [-0.4, -0.2) is 18.2 Å². The summed E-state index contributed by atoms with van der Waals surface area (Å²) >= 11 is 0. The third-order valence-corrected chi connectivity index (χ3v) is 5.14. The van der Waals surface area contributed by atoms with Gasteiger partial charge in [-0.2, -0.15) is 5.26 Å². The Morgan fingerprint density at radius 3 is 2.56 bits per heavy atom. The van der Waals surface area contributed by atoms with E-state index in [2.05, 4.69) is 16.0 Å². The van der Waals surface area contributed by atoms with Crippen LogP contribution in [0.25, 0.3) is 11.0 Å². The molecule has 34 heavy (non-hydrogen) atoms. The molecular weight excluding hydrogens is 436 g/mol. The first-order chi connectivity index (χ1) is 16.3. The lowest BCUT2D eigenvalue weighted by molar-refractivity contribution is 0.0950. The standard InChI is InChI=1S/C25H26N4O5/c1-4-20(10-11-26)34-25(32)27-16(3)17-6-5-7-18(13-17)28-24(31)29-19-8-9-21-22(30)12-15(2)33-23(21)14-19/h5-9,12-14,16,20H,4,10H2,1-3H3,(H,27,32)(H2,28,29,31)/t16-,20?/m0/s1. The Morgan fingerprint density at radius 2 is 1.85 bits per heavy atom. The number of benzene rings is 2. The lowest BCUT2D eigenvalue weighted by atomic mass is 10.1. The van der Waals surface area contributed by atoms with Crippen molar-refractivity contribution in [3.05, 3.63) is 70.1 Å². The summed E-state index contributed by atoms with van der Waals surface area (Å²) in [5, 5.41) is 17.4. The lowest BCUT2D eigenvalue weighted by Gasteiger charge is -2.18. The molecule has 3 amide bonds. The number of hydrogen-bond acceptors (Lipinski definition) is 6. The predicted octanol–water partition coefficient (Wildman–Crippen LogP) is 5.22. The number of fused-ring (bicyclic) bond motifs is 1. The van der Waals surface area contributed by atoms with Crippen molar-refractivity contribution in [3.8, 4) is 6.07 Å². The summed E-state index contributed by atoms with van der Waals surface area (Å²) < 4.78 is 10.8. The first-order valence-corrected chi connectivity index (χ1v) is 10.9. The number of carbonyl (C=O) groups is 2. The first-order valence-electron chi connectivity index (χ1n) is 10.9. The van der Waals surface area contributed by atoms with E-state index in [1.807, 2.05) is 19.1 Å². The maximum Gasteiger partial charge on any atom is 0.407 e. The summed E-state index contributed by atoms with van der Waals surface area (Å²) in [5.74, 6) is 0.484. The molecule has 0 saturated heterocycles. The maximum absolute atomic E-state index is 12.5. The molecule has 3 aromatic rings. The quantitative estimate of drug-likeness (QED) is 0.440. The molecule has 9 nitrogen and oxygen atoms in total. The van der Waals surface area contributed by atoms with Gasteiger partial charge in [0.2, 0.25) is 0 Å². The molecule has 2 atom stereocenters. The topological polar surface area (TPSA) is 133 Å². The van der Waals surface area contributed by atoms with Gasteiger partial charge in [0.1, 0.15) is 17.4 Å². The molecule has 3 rings (SSSR count). The highest BCUT2D eigenvalue weighted by atomic mass is 16.6. The van der Waals surface area contributed by atoms with Crippen LogP contribution in [0.3, 0.4) is 0 Å². The molecule has 2 aromatic carbocycles. The van der Waals surface area contributed by atoms with Gasteiger partial charge in [-0.25, -0.2) is 9.59 Å². The first kappa shape index (κ1) is 24.3. The van der Waals surface area contributed by atoms with E-state index in [-0.39, 0.29) is 17.9 Å². The monoisotopic (exact) mass is 462 g/mol. The second-order valence-electron chi connectivity index (χ2n) is 7.80. The summed E-state index contributed by atoms with van der Waals surface area (Å²) in [6, 6.07) is 14.4. The number of anilines is 2. The van der Waals surface area contributed by atoms with E-state index in [0.29, 0.717) is 34.5 Å². The lowest BCUT2D eigenvalue weighted by Crippen LogP contribution is -2.31. The zero-order valence-electron chi connectivity index (χ0n) is 19.2. The molecular formula is C25H26N4O5. The van der Waals surface area contributed by atoms with E-state index in [0.717, 1.165) is 5.56 Å². The summed E-state index contributed by atoms with van der Waals surface area (Å²) in [6.07, 6.45) is -0.382. The fourth-order valence-electron chi connectivity index (χ4n) is 3.35. The van der Waals surface area contributed by atoms with Crippen molar-refractivity contribution in [2.45, 2.75) is 45.8 Å². The van der Waals surface area contributed by atoms with Gasteiger partial charge in [0.05, 0.1) is 23.9 Å². The molecule has 0 aliphatic heterocycles. The number of nitriles is 1. The van der Waals surface area contributed by atoms with Gasteiger partial charge in [-0.3, -0.25) is 4.79 Å². The van der Waals surface area contributed by atoms with Crippen LogP contribution in [0.15, 0.2) is 57.7 Å². The van der Waals surface area contributed by atoms with Crippen LogP contribution in [0.4, 0.5) is 21.0 Å². The van der Waals surface area contributed by atoms with E-state index >= 15 is 0 Å². The highest BCUT2D eigenvalue weighted by molar-refractivity contribution is 6.00. The van der Waals surface area contributed by atoms with Crippen molar-refractivity contribution in [1.82, 2.24) is 5.32 Å².